The van der Waals surface area contributed by atoms with Crippen LogP contribution in [0.3, 0.4) is 0 Å². The van der Waals surface area contributed by atoms with Crippen molar-refractivity contribution in [3.8, 4) is 5.75 Å². The third-order valence-electron chi connectivity index (χ3n) is 6.46. The summed E-state index contributed by atoms with van der Waals surface area (Å²) in [5.41, 5.74) is 5.23. The van der Waals surface area contributed by atoms with E-state index >= 15 is 0 Å². The van der Waals surface area contributed by atoms with Gasteiger partial charge in [-0.2, -0.15) is 0 Å². The zero-order valence-corrected chi connectivity index (χ0v) is 16.3. The van der Waals surface area contributed by atoms with E-state index < -0.39 is 0 Å². The van der Waals surface area contributed by atoms with Crippen LogP contribution < -0.4 is 4.90 Å². The van der Waals surface area contributed by atoms with Gasteiger partial charge in [0.2, 0.25) is 0 Å². The lowest BCUT2D eigenvalue weighted by Crippen LogP contribution is -2.48. The smallest absolute Gasteiger partial charge is 0.116 e. The molecule has 5 rings (SSSR count). The fraction of sp³-hybridized carbons (Fsp3) is 0.280. The molecule has 0 radical (unpaired) electrons. The van der Waals surface area contributed by atoms with E-state index in [0.29, 0.717) is 11.9 Å². The van der Waals surface area contributed by atoms with Crippen molar-refractivity contribution in [3.63, 3.8) is 0 Å². The Balaban J connectivity index is 1.55. The zero-order valence-electron chi connectivity index (χ0n) is 16.3. The van der Waals surface area contributed by atoms with Gasteiger partial charge in [0.1, 0.15) is 5.75 Å². The zero-order chi connectivity index (χ0) is 19.1. The standard InChI is InChI=1S/C25H26N2O/c1-25-14-15-26(17-19-8-4-2-5-9-19)24(25)27(18-20-10-6-3-7-11-20)23-13-12-21(28)16-22(23)25/h2-13,16,24,28H,14-15,17-18H2,1H3/t24?,25-/m1/s1. The van der Waals surface area contributed by atoms with Crippen LogP contribution >= 0.6 is 0 Å². The van der Waals surface area contributed by atoms with Crippen LogP contribution in [0.5, 0.6) is 5.75 Å². The average Bonchev–Trinajstić information content (AvgIpc) is 3.16. The summed E-state index contributed by atoms with van der Waals surface area (Å²) in [6.07, 6.45) is 1.40. The molecule has 0 aromatic heterocycles. The van der Waals surface area contributed by atoms with Crippen LogP contribution in [-0.2, 0) is 18.5 Å². The van der Waals surface area contributed by atoms with Crippen molar-refractivity contribution in [2.45, 2.75) is 38.0 Å². The number of benzene rings is 3. The second-order valence-corrected chi connectivity index (χ2v) is 8.31. The highest BCUT2D eigenvalue weighted by atomic mass is 16.3. The highest BCUT2D eigenvalue weighted by Gasteiger charge is 2.54. The van der Waals surface area contributed by atoms with Crippen LogP contribution in [0.1, 0.15) is 30.0 Å². The van der Waals surface area contributed by atoms with Gasteiger partial charge in [-0.15, -0.1) is 0 Å². The number of anilines is 1. The summed E-state index contributed by atoms with van der Waals surface area (Å²) in [7, 11) is 0. The number of hydrogen-bond acceptors (Lipinski definition) is 3. The van der Waals surface area contributed by atoms with Crippen molar-refractivity contribution in [2.24, 2.45) is 0 Å². The van der Waals surface area contributed by atoms with Crippen molar-refractivity contribution in [2.75, 3.05) is 11.4 Å². The topological polar surface area (TPSA) is 26.7 Å². The summed E-state index contributed by atoms with van der Waals surface area (Å²) >= 11 is 0. The minimum Gasteiger partial charge on any atom is -0.508 e. The number of fused-ring (bicyclic) bond motifs is 3. The molecule has 3 aromatic rings. The van der Waals surface area contributed by atoms with E-state index in [1.165, 1.54) is 22.4 Å². The Labute approximate surface area is 166 Å². The van der Waals surface area contributed by atoms with Crippen LogP contribution in [0.15, 0.2) is 78.9 Å². The number of phenols is 1. The molecule has 3 heteroatoms. The first-order valence-corrected chi connectivity index (χ1v) is 10.1. The second-order valence-electron chi connectivity index (χ2n) is 8.31. The summed E-state index contributed by atoms with van der Waals surface area (Å²) in [5, 5.41) is 10.2. The van der Waals surface area contributed by atoms with E-state index in [-0.39, 0.29) is 5.41 Å². The van der Waals surface area contributed by atoms with Crippen molar-refractivity contribution < 1.29 is 5.11 Å². The molecule has 1 saturated heterocycles. The molecule has 2 aliphatic heterocycles. The molecule has 28 heavy (non-hydrogen) atoms. The maximum atomic E-state index is 10.2. The predicted molar refractivity (Wildman–Crippen MR) is 113 cm³/mol. The monoisotopic (exact) mass is 370 g/mol. The van der Waals surface area contributed by atoms with Crippen molar-refractivity contribution >= 4 is 5.69 Å². The summed E-state index contributed by atoms with van der Waals surface area (Å²) in [6, 6.07) is 27.3. The highest BCUT2D eigenvalue weighted by molar-refractivity contribution is 5.66. The first-order valence-electron chi connectivity index (χ1n) is 10.1. The molecule has 142 valence electrons. The quantitative estimate of drug-likeness (QED) is 0.707. The number of rotatable bonds is 4. The SMILES string of the molecule is C[C@]12CCN(Cc3ccccc3)C1N(Cc1ccccc1)c1ccc(O)cc12. The molecular formula is C25H26N2O. The minimum absolute atomic E-state index is 0.0254. The van der Waals surface area contributed by atoms with Crippen LogP contribution in [0, 0.1) is 0 Å². The molecule has 1 fully saturated rings. The van der Waals surface area contributed by atoms with Gasteiger partial charge in [0.15, 0.2) is 0 Å². The first kappa shape index (κ1) is 17.3. The molecule has 1 unspecified atom stereocenters. The molecule has 0 aliphatic carbocycles. The Bertz CT molecular complexity index is 972. The fourth-order valence-electron chi connectivity index (χ4n) is 5.14. The fourth-order valence-corrected chi connectivity index (χ4v) is 5.14. The molecule has 3 aromatic carbocycles. The minimum atomic E-state index is 0.0254. The van der Waals surface area contributed by atoms with E-state index in [0.717, 1.165) is 26.1 Å². The molecule has 0 bridgehead atoms. The van der Waals surface area contributed by atoms with E-state index in [4.69, 9.17) is 0 Å². The Morgan fingerprint density at radius 3 is 2.21 bits per heavy atom. The van der Waals surface area contributed by atoms with Gasteiger partial charge in [-0.25, -0.2) is 0 Å². The summed E-state index contributed by atoms with van der Waals surface area (Å²) in [6.45, 7) is 5.26. The van der Waals surface area contributed by atoms with Crippen molar-refractivity contribution in [3.05, 3.63) is 95.6 Å². The van der Waals surface area contributed by atoms with Gasteiger partial charge in [-0.3, -0.25) is 4.90 Å². The van der Waals surface area contributed by atoms with Gasteiger partial charge in [-0.1, -0.05) is 67.6 Å². The summed E-state index contributed by atoms with van der Waals surface area (Å²) in [5.74, 6) is 0.363. The summed E-state index contributed by atoms with van der Waals surface area (Å²) < 4.78 is 0. The Hall–Kier alpha value is -2.78. The number of likely N-dealkylation sites (tertiary alicyclic amines) is 1. The molecule has 3 nitrogen and oxygen atoms in total. The van der Waals surface area contributed by atoms with Crippen LogP contribution in [0.25, 0.3) is 0 Å². The average molecular weight is 370 g/mol. The van der Waals surface area contributed by atoms with Gasteiger partial charge in [0.25, 0.3) is 0 Å². The third kappa shape index (κ3) is 2.78. The molecule has 0 spiro atoms. The number of nitrogens with zero attached hydrogens (tertiary/aromatic N) is 2. The summed E-state index contributed by atoms with van der Waals surface area (Å²) in [4.78, 5) is 5.15. The Morgan fingerprint density at radius 1 is 0.893 bits per heavy atom. The lowest BCUT2D eigenvalue weighted by molar-refractivity contribution is 0.208. The largest absolute Gasteiger partial charge is 0.508 e. The Morgan fingerprint density at radius 2 is 1.54 bits per heavy atom. The van der Waals surface area contributed by atoms with Gasteiger partial charge >= 0.3 is 0 Å². The molecule has 2 aliphatic rings. The van der Waals surface area contributed by atoms with Crippen LogP contribution in [0.2, 0.25) is 0 Å². The van der Waals surface area contributed by atoms with E-state index in [1.807, 2.05) is 12.1 Å². The normalized spacial score (nSPS) is 23.6. The molecule has 0 amide bonds. The van der Waals surface area contributed by atoms with Crippen LogP contribution in [0.4, 0.5) is 5.69 Å². The van der Waals surface area contributed by atoms with E-state index in [2.05, 4.69) is 83.5 Å². The van der Waals surface area contributed by atoms with Gasteiger partial charge in [0.05, 0.1) is 6.17 Å². The van der Waals surface area contributed by atoms with E-state index in [1.54, 1.807) is 0 Å². The Kier molecular flexibility index (Phi) is 4.13. The maximum Gasteiger partial charge on any atom is 0.116 e. The van der Waals surface area contributed by atoms with Gasteiger partial charge < -0.3 is 10.0 Å². The van der Waals surface area contributed by atoms with E-state index in [9.17, 15) is 5.11 Å². The van der Waals surface area contributed by atoms with Crippen molar-refractivity contribution in [1.82, 2.24) is 4.90 Å². The van der Waals surface area contributed by atoms with Crippen molar-refractivity contribution in [1.29, 1.82) is 0 Å². The number of hydrogen-bond donors (Lipinski definition) is 1. The lowest BCUT2D eigenvalue weighted by Gasteiger charge is -2.37. The molecule has 2 atom stereocenters. The maximum absolute atomic E-state index is 10.2. The molecule has 0 saturated carbocycles. The molecule has 2 heterocycles. The van der Waals surface area contributed by atoms with Crippen LogP contribution in [-0.4, -0.2) is 22.7 Å². The molecular weight excluding hydrogens is 344 g/mol. The lowest BCUT2D eigenvalue weighted by atomic mass is 9.81. The predicted octanol–water partition coefficient (Wildman–Crippen LogP) is 4.90. The first-order chi connectivity index (χ1) is 13.6. The second kappa shape index (κ2) is 6.68. The number of aromatic hydroxyl groups is 1. The van der Waals surface area contributed by atoms with Gasteiger partial charge in [0, 0.05) is 30.7 Å². The van der Waals surface area contributed by atoms with Gasteiger partial charge in [-0.05, 0) is 41.3 Å². The third-order valence-corrected chi connectivity index (χ3v) is 6.46. The molecule has 1 N–H and O–H groups in total. The number of phenolic OH excluding ortho intramolecular Hbond substituents is 1. The highest BCUT2D eigenvalue weighted by Crippen LogP contribution is 2.53.